The summed E-state index contributed by atoms with van der Waals surface area (Å²) in [6.07, 6.45) is 7.87. The van der Waals surface area contributed by atoms with E-state index in [0.717, 1.165) is 25.7 Å². The average Bonchev–Trinajstić information content (AvgIpc) is 3.16. The zero-order chi connectivity index (χ0) is 23.4. The highest BCUT2D eigenvalue weighted by molar-refractivity contribution is 5.89. The Morgan fingerprint density at radius 3 is 2.42 bits per heavy atom. The van der Waals surface area contributed by atoms with Crippen molar-refractivity contribution >= 4 is 5.97 Å². The first-order valence-corrected chi connectivity index (χ1v) is 13.0. The Kier molecular flexibility index (Phi) is 5.84. The van der Waals surface area contributed by atoms with E-state index in [0.29, 0.717) is 35.2 Å². The molecule has 10 unspecified atom stereocenters. The summed E-state index contributed by atoms with van der Waals surface area (Å²) in [4.78, 5) is 12.8. The summed E-state index contributed by atoms with van der Waals surface area (Å²) in [5.41, 5.74) is 0.930. The van der Waals surface area contributed by atoms with Crippen LogP contribution in [0.5, 0.6) is 0 Å². The SMILES string of the molecule is COC1CC2(C)C(C#N)CCC2C2CCC3C(C)C(OC(=O)c4ccccc4)CCC3(C)C12. The first-order chi connectivity index (χ1) is 15.8. The van der Waals surface area contributed by atoms with Gasteiger partial charge in [-0.05, 0) is 97.5 Å². The van der Waals surface area contributed by atoms with Crippen LogP contribution in [-0.2, 0) is 9.47 Å². The number of fused-ring (bicyclic) bond motifs is 5. The van der Waals surface area contributed by atoms with E-state index in [4.69, 9.17) is 9.47 Å². The van der Waals surface area contributed by atoms with Crippen LogP contribution >= 0.6 is 0 Å². The Labute approximate surface area is 199 Å². The first kappa shape index (κ1) is 22.9. The highest BCUT2D eigenvalue weighted by atomic mass is 16.5. The van der Waals surface area contributed by atoms with Crippen molar-refractivity contribution in [3.05, 3.63) is 35.9 Å². The molecule has 4 aliphatic rings. The fraction of sp³-hybridized carbons (Fsp3) is 0.724. The zero-order valence-electron chi connectivity index (χ0n) is 20.6. The molecule has 0 aliphatic heterocycles. The number of methoxy groups -OCH3 is 1. The number of esters is 1. The summed E-state index contributed by atoms with van der Waals surface area (Å²) >= 11 is 0. The Balaban J connectivity index is 1.38. The highest BCUT2D eigenvalue weighted by Crippen LogP contribution is 2.68. The molecule has 0 saturated heterocycles. The third-order valence-electron chi connectivity index (χ3n) is 10.8. The van der Waals surface area contributed by atoms with Crippen LogP contribution in [0.4, 0.5) is 0 Å². The van der Waals surface area contributed by atoms with Gasteiger partial charge in [0.2, 0.25) is 0 Å². The van der Waals surface area contributed by atoms with Crippen LogP contribution in [0.15, 0.2) is 30.3 Å². The minimum atomic E-state index is -0.193. The molecule has 10 atom stereocenters. The molecule has 1 aromatic carbocycles. The summed E-state index contributed by atoms with van der Waals surface area (Å²) < 4.78 is 12.3. The fourth-order valence-electron chi connectivity index (χ4n) is 9.17. The Bertz CT molecular complexity index is 925. The monoisotopic (exact) mass is 449 g/mol. The van der Waals surface area contributed by atoms with Crippen molar-refractivity contribution < 1.29 is 14.3 Å². The van der Waals surface area contributed by atoms with Crippen molar-refractivity contribution in [2.24, 2.45) is 46.3 Å². The molecule has 1 aromatic rings. The summed E-state index contributed by atoms with van der Waals surface area (Å²) in [5, 5.41) is 9.85. The smallest absolute Gasteiger partial charge is 0.338 e. The van der Waals surface area contributed by atoms with Crippen LogP contribution in [0.1, 0.15) is 76.1 Å². The molecule has 0 heterocycles. The van der Waals surface area contributed by atoms with Gasteiger partial charge >= 0.3 is 5.97 Å². The van der Waals surface area contributed by atoms with Crippen molar-refractivity contribution in [1.82, 2.24) is 0 Å². The van der Waals surface area contributed by atoms with Crippen molar-refractivity contribution in [3.63, 3.8) is 0 Å². The molecule has 0 bridgehead atoms. The van der Waals surface area contributed by atoms with Crippen molar-refractivity contribution in [1.29, 1.82) is 5.26 Å². The molecule has 0 spiro atoms. The quantitative estimate of drug-likeness (QED) is 0.511. The maximum absolute atomic E-state index is 12.8. The minimum Gasteiger partial charge on any atom is -0.458 e. The summed E-state index contributed by atoms with van der Waals surface area (Å²) in [6, 6.07) is 12.0. The number of benzene rings is 1. The third kappa shape index (κ3) is 3.45. The van der Waals surface area contributed by atoms with Crippen molar-refractivity contribution in [2.75, 3.05) is 7.11 Å². The van der Waals surface area contributed by atoms with Gasteiger partial charge in [-0.25, -0.2) is 4.79 Å². The van der Waals surface area contributed by atoms with Crippen LogP contribution in [0.2, 0.25) is 0 Å². The van der Waals surface area contributed by atoms with Gasteiger partial charge in [0, 0.05) is 7.11 Å². The molecule has 0 N–H and O–H groups in total. The number of hydrogen-bond acceptors (Lipinski definition) is 4. The molecule has 33 heavy (non-hydrogen) atoms. The largest absolute Gasteiger partial charge is 0.458 e. The lowest BCUT2D eigenvalue weighted by Gasteiger charge is -2.64. The molecule has 4 nitrogen and oxygen atoms in total. The third-order valence-corrected chi connectivity index (χ3v) is 10.8. The summed E-state index contributed by atoms with van der Waals surface area (Å²) in [7, 11) is 1.88. The normalized spacial score (nSPS) is 46.4. The predicted molar refractivity (Wildman–Crippen MR) is 127 cm³/mol. The number of hydrogen-bond donors (Lipinski definition) is 0. The second-order valence-corrected chi connectivity index (χ2v) is 11.9. The van der Waals surface area contributed by atoms with Gasteiger partial charge in [-0.1, -0.05) is 39.0 Å². The van der Waals surface area contributed by atoms with E-state index in [9.17, 15) is 10.1 Å². The molecule has 5 rings (SSSR count). The Morgan fingerprint density at radius 2 is 1.73 bits per heavy atom. The van der Waals surface area contributed by atoms with E-state index < -0.39 is 0 Å². The first-order valence-electron chi connectivity index (χ1n) is 13.0. The molecule has 4 saturated carbocycles. The lowest BCUT2D eigenvalue weighted by Crippen LogP contribution is -2.61. The van der Waals surface area contributed by atoms with Crippen LogP contribution in [0.3, 0.4) is 0 Å². The van der Waals surface area contributed by atoms with Crippen LogP contribution in [-0.4, -0.2) is 25.3 Å². The molecular formula is C29H39NO3. The lowest BCUT2D eigenvalue weighted by molar-refractivity contribution is -0.195. The van der Waals surface area contributed by atoms with E-state index in [2.05, 4.69) is 26.8 Å². The Morgan fingerprint density at radius 1 is 1.00 bits per heavy atom. The van der Waals surface area contributed by atoms with Gasteiger partial charge in [-0.3, -0.25) is 0 Å². The van der Waals surface area contributed by atoms with Gasteiger partial charge in [0.15, 0.2) is 0 Å². The second-order valence-electron chi connectivity index (χ2n) is 11.9. The molecular weight excluding hydrogens is 410 g/mol. The highest BCUT2D eigenvalue weighted by Gasteiger charge is 2.64. The Hall–Kier alpha value is -1.86. The van der Waals surface area contributed by atoms with E-state index >= 15 is 0 Å². The van der Waals surface area contributed by atoms with Gasteiger partial charge in [0.05, 0.1) is 23.7 Å². The van der Waals surface area contributed by atoms with Crippen LogP contribution in [0.25, 0.3) is 0 Å². The molecule has 0 radical (unpaired) electrons. The van der Waals surface area contributed by atoms with Crippen LogP contribution in [0, 0.1) is 57.7 Å². The predicted octanol–water partition coefficient (Wildman–Crippen LogP) is 6.27. The number of carbonyl (C=O) groups excluding carboxylic acids is 1. The molecule has 4 aliphatic carbocycles. The molecule has 178 valence electrons. The average molecular weight is 450 g/mol. The summed E-state index contributed by atoms with van der Waals surface area (Å²) in [6.45, 7) is 7.19. The van der Waals surface area contributed by atoms with Gasteiger partial charge in [0.1, 0.15) is 6.10 Å². The van der Waals surface area contributed by atoms with Gasteiger partial charge in [-0.2, -0.15) is 5.26 Å². The van der Waals surface area contributed by atoms with E-state index in [1.165, 1.54) is 19.3 Å². The number of nitriles is 1. The second kappa shape index (κ2) is 8.42. The van der Waals surface area contributed by atoms with Crippen molar-refractivity contribution in [2.45, 2.75) is 77.9 Å². The van der Waals surface area contributed by atoms with Gasteiger partial charge in [0.25, 0.3) is 0 Å². The van der Waals surface area contributed by atoms with Gasteiger partial charge in [-0.15, -0.1) is 0 Å². The molecule has 0 amide bonds. The summed E-state index contributed by atoms with van der Waals surface area (Å²) in [5.74, 6) is 2.67. The van der Waals surface area contributed by atoms with E-state index in [1.807, 2.05) is 37.4 Å². The number of nitrogens with zero attached hydrogens (tertiary/aromatic N) is 1. The van der Waals surface area contributed by atoms with Gasteiger partial charge < -0.3 is 9.47 Å². The number of ether oxygens (including phenoxy) is 2. The molecule has 4 heteroatoms. The van der Waals surface area contributed by atoms with E-state index in [-0.39, 0.29) is 34.9 Å². The maximum atomic E-state index is 12.8. The lowest BCUT2D eigenvalue weighted by atomic mass is 9.42. The number of rotatable bonds is 3. The number of carbonyl (C=O) groups is 1. The minimum absolute atomic E-state index is 0.0170. The van der Waals surface area contributed by atoms with Crippen LogP contribution < -0.4 is 0 Å². The zero-order valence-corrected chi connectivity index (χ0v) is 20.6. The molecule has 4 fully saturated rings. The fourth-order valence-corrected chi connectivity index (χ4v) is 9.17. The topological polar surface area (TPSA) is 59.3 Å². The van der Waals surface area contributed by atoms with E-state index in [1.54, 1.807) is 0 Å². The standard InChI is InChI=1S/C29H39NO3/c1-18-22-13-11-21-23-12-10-20(17-30)29(23,3)16-25(32-4)26(21)28(22,2)15-14-24(18)33-27(31)19-8-6-5-7-9-19/h5-9,18,20-26H,10-16H2,1-4H3. The van der Waals surface area contributed by atoms with Crippen molar-refractivity contribution in [3.8, 4) is 6.07 Å². The maximum Gasteiger partial charge on any atom is 0.338 e. The molecule has 0 aromatic heterocycles.